The Morgan fingerprint density at radius 3 is 2.61 bits per heavy atom. The zero-order valence-electron chi connectivity index (χ0n) is 13.5. The molecule has 3 aliphatic carbocycles. The van der Waals surface area contributed by atoms with E-state index in [1.54, 1.807) is 0 Å². The summed E-state index contributed by atoms with van der Waals surface area (Å²) in [6.07, 6.45) is 14.9. The highest BCUT2D eigenvalue weighted by atomic mass is 35.5. The van der Waals surface area contributed by atoms with Gasteiger partial charge in [-0.15, -0.1) is 0 Å². The number of fused-ring (bicyclic) bond motifs is 3. The van der Waals surface area contributed by atoms with Gasteiger partial charge in [0.2, 0.25) is 0 Å². The van der Waals surface area contributed by atoms with Crippen molar-refractivity contribution in [2.45, 2.75) is 20.3 Å². The number of benzene rings is 1. The third kappa shape index (κ3) is 2.44. The van der Waals surface area contributed by atoms with Crippen molar-refractivity contribution in [3.05, 3.63) is 76.9 Å². The van der Waals surface area contributed by atoms with Crippen molar-refractivity contribution in [2.75, 3.05) is 0 Å². The normalized spacial score (nSPS) is 29.1. The van der Waals surface area contributed by atoms with Crippen molar-refractivity contribution in [3.8, 4) is 0 Å². The van der Waals surface area contributed by atoms with E-state index in [0.717, 1.165) is 22.8 Å². The second-order valence-corrected chi connectivity index (χ2v) is 7.46. The van der Waals surface area contributed by atoms with Crippen molar-refractivity contribution in [1.29, 1.82) is 0 Å². The molecule has 1 aromatic rings. The van der Waals surface area contributed by atoms with Gasteiger partial charge in [0.15, 0.2) is 0 Å². The highest BCUT2D eigenvalue weighted by molar-refractivity contribution is 6.30. The summed E-state index contributed by atoms with van der Waals surface area (Å²) >= 11 is 5.98. The summed E-state index contributed by atoms with van der Waals surface area (Å²) in [5, 5.41) is 0.745. The van der Waals surface area contributed by atoms with Crippen LogP contribution in [-0.2, 0) is 0 Å². The van der Waals surface area contributed by atoms with Crippen LogP contribution in [0.3, 0.4) is 0 Å². The van der Waals surface area contributed by atoms with Gasteiger partial charge in [-0.1, -0.05) is 55.8 Å². The van der Waals surface area contributed by atoms with Gasteiger partial charge in [-0.05, 0) is 53.3 Å². The van der Waals surface area contributed by atoms with Gasteiger partial charge in [0.1, 0.15) is 0 Å². The molecule has 2 heteroatoms. The van der Waals surface area contributed by atoms with Crippen LogP contribution in [0, 0.1) is 17.3 Å². The van der Waals surface area contributed by atoms with Crippen LogP contribution >= 0.6 is 11.6 Å². The van der Waals surface area contributed by atoms with Crippen LogP contribution in [0.5, 0.6) is 0 Å². The lowest BCUT2D eigenvalue weighted by molar-refractivity contribution is 0.382. The second kappa shape index (κ2) is 5.35. The van der Waals surface area contributed by atoms with Crippen LogP contribution in [0.2, 0.25) is 5.02 Å². The molecule has 1 nitrogen and oxygen atoms in total. The van der Waals surface area contributed by atoms with Crippen LogP contribution in [0.4, 0.5) is 5.69 Å². The zero-order valence-corrected chi connectivity index (χ0v) is 14.2. The van der Waals surface area contributed by atoms with Crippen LogP contribution in [0.1, 0.15) is 20.3 Å². The molecule has 2 bridgehead atoms. The summed E-state index contributed by atoms with van der Waals surface area (Å²) in [6.45, 7) is 4.70. The van der Waals surface area contributed by atoms with Crippen molar-refractivity contribution in [3.63, 3.8) is 0 Å². The first-order chi connectivity index (χ1) is 11.1. The molecule has 4 rings (SSSR count). The van der Waals surface area contributed by atoms with E-state index in [2.05, 4.69) is 50.3 Å². The van der Waals surface area contributed by atoms with Gasteiger partial charge in [-0.25, -0.2) is 0 Å². The number of hydrogen-bond acceptors (Lipinski definition) is 1. The molecule has 0 heterocycles. The summed E-state index contributed by atoms with van der Waals surface area (Å²) in [7, 11) is 0. The maximum atomic E-state index is 5.98. The highest BCUT2D eigenvalue weighted by Crippen LogP contribution is 2.48. The molecule has 0 aliphatic heterocycles. The quantitative estimate of drug-likeness (QED) is 0.557. The fraction of sp³-hybridized carbons (Fsp3) is 0.286. The smallest absolute Gasteiger partial charge is 0.0634 e. The Hall–Kier alpha value is -1.86. The first-order valence-corrected chi connectivity index (χ1v) is 8.54. The fourth-order valence-electron chi connectivity index (χ4n) is 3.87. The van der Waals surface area contributed by atoms with Crippen molar-refractivity contribution in [1.82, 2.24) is 0 Å². The number of nitrogens with zero attached hydrogens (tertiary/aromatic N) is 1. The lowest BCUT2D eigenvalue weighted by Crippen LogP contribution is -2.25. The molecule has 2 atom stereocenters. The third-order valence-electron chi connectivity index (χ3n) is 5.26. The Kier molecular flexibility index (Phi) is 3.42. The predicted octanol–water partition coefficient (Wildman–Crippen LogP) is 6.07. The molecule has 0 aromatic heterocycles. The molecule has 0 radical (unpaired) electrons. The number of hydrogen-bond donors (Lipinski definition) is 0. The zero-order chi connectivity index (χ0) is 16.0. The second-order valence-electron chi connectivity index (χ2n) is 7.03. The molecule has 0 spiro atoms. The summed E-state index contributed by atoms with van der Waals surface area (Å²) in [4.78, 5) is 4.91. The van der Waals surface area contributed by atoms with Crippen molar-refractivity contribution in [2.24, 2.45) is 22.2 Å². The van der Waals surface area contributed by atoms with Crippen LogP contribution in [0.25, 0.3) is 0 Å². The van der Waals surface area contributed by atoms with Gasteiger partial charge in [-0.3, -0.25) is 4.99 Å². The topological polar surface area (TPSA) is 12.4 Å². The predicted molar refractivity (Wildman–Crippen MR) is 98.4 cm³/mol. The van der Waals surface area contributed by atoms with E-state index in [0.29, 0.717) is 5.92 Å². The minimum absolute atomic E-state index is 0.149. The first-order valence-electron chi connectivity index (χ1n) is 8.16. The van der Waals surface area contributed by atoms with Gasteiger partial charge in [0.25, 0.3) is 0 Å². The highest BCUT2D eigenvalue weighted by Gasteiger charge is 2.38. The Balaban J connectivity index is 1.82. The van der Waals surface area contributed by atoms with E-state index in [1.165, 1.54) is 11.1 Å². The summed E-state index contributed by atoms with van der Waals surface area (Å²) < 4.78 is 0. The molecular weight excluding hydrogens is 302 g/mol. The maximum absolute atomic E-state index is 5.98. The molecule has 23 heavy (non-hydrogen) atoms. The van der Waals surface area contributed by atoms with Gasteiger partial charge in [-0.2, -0.15) is 0 Å². The SMILES string of the molecule is CC1(C)C2=C(CC=C2)C2C=CC1C=CC2=Nc1ccc(Cl)cc1. The van der Waals surface area contributed by atoms with Gasteiger partial charge < -0.3 is 0 Å². The average Bonchev–Trinajstić information content (AvgIpc) is 2.88. The van der Waals surface area contributed by atoms with Crippen LogP contribution in [-0.4, -0.2) is 5.71 Å². The molecule has 3 aliphatic rings. The van der Waals surface area contributed by atoms with Gasteiger partial charge >= 0.3 is 0 Å². The van der Waals surface area contributed by atoms with E-state index >= 15 is 0 Å². The molecule has 0 saturated carbocycles. The number of allylic oxidation sites excluding steroid dienone is 8. The van der Waals surface area contributed by atoms with E-state index in [1.807, 2.05) is 24.3 Å². The standard InChI is InChI=1S/C21H20ClN/c1-21(2)14-6-12-18(17-4-3-5-19(17)21)20(13-7-14)23-16-10-8-15(22)9-11-16/h3,5-14,18H,4H2,1-2H3. The van der Waals surface area contributed by atoms with Crippen molar-refractivity contribution >= 4 is 23.0 Å². The number of rotatable bonds is 1. The summed E-state index contributed by atoms with van der Waals surface area (Å²) in [5.41, 5.74) is 5.23. The van der Waals surface area contributed by atoms with E-state index < -0.39 is 0 Å². The lowest BCUT2D eigenvalue weighted by Gasteiger charge is -2.33. The molecule has 0 N–H and O–H groups in total. The third-order valence-corrected chi connectivity index (χ3v) is 5.51. The van der Waals surface area contributed by atoms with E-state index in [-0.39, 0.29) is 11.3 Å². The molecule has 2 unspecified atom stereocenters. The number of halogens is 1. The molecule has 0 amide bonds. The van der Waals surface area contributed by atoms with Crippen molar-refractivity contribution < 1.29 is 0 Å². The molecule has 116 valence electrons. The summed E-state index contributed by atoms with van der Waals surface area (Å²) in [5.74, 6) is 0.692. The largest absolute Gasteiger partial charge is 0.253 e. The minimum Gasteiger partial charge on any atom is -0.253 e. The van der Waals surface area contributed by atoms with E-state index in [9.17, 15) is 0 Å². The number of aliphatic imine (C=N–C) groups is 1. The Bertz CT molecular complexity index is 788. The molecule has 0 saturated heterocycles. The Morgan fingerprint density at radius 1 is 1.04 bits per heavy atom. The minimum atomic E-state index is 0.149. The monoisotopic (exact) mass is 321 g/mol. The van der Waals surface area contributed by atoms with Crippen LogP contribution in [0.15, 0.2) is 76.9 Å². The Morgan fingerprint density at radius 2 is 1.83 bits per heavy atom. The molecule has 1 aromatic carbocycles. The first kappa shape index (κ1) is 14.7. The fourth-order valence-corrected chi connectivity index (χ4v) is 4.00. The molecule has 0 fully saturated rings. The lowest BCUT2D eigenvalue weighted by atomic mass is 9.71. The average molecular weight is 322 g/mol. The van der Waals surface area contributed by atoms with Gasteiger partial charge in [0.05, 0.1) is 11.4 Å². The van der Waals surface area contributed by atoms with Crippen LogP contribution < -0.4 is 0 Å². The van der Waals surface area contributed by atoms with Gasteiger partial charge in [0, 0.05) is 16.9 Å². The Labute approximate surface area is 142 Å². The maximum Gasteiger partial charge on any atom is 0.0634 e. The van der Waals surface area contributed by atoms with E-state index in [4.69, 9.17) is 16.6 Å². The summed E-state index contributed by atoms with van der Waals surface area (Å²) in [6, 6.07) is 7.74. The molecular formula is C21H20ClN.